The van der Waals surface area contributed by atoms with E-state index in [1.54, 1.807) is 7.11 Å². The van der Waals surface area contributed by atoms with Crippen LogP contribution in [0.5, 0.6) is 0 Å². The summed E-state index contributed by atoms with van der Waals surface area (Å²) >= 11 is 1.49. The van der Waals surface area contributed by atoms with Crippen LogP contribution in [-0.4, -0.2) is 34.7 Å². The minimum Gasteiger partial charge on any atom is -0.383 e. The number of para-hydroxylation sites is 1. The molecule has 2 heterocycles. The third kappa shape index (κ3) is 3.91. The van der Waals surface area contributed by atoms with Gasteiger partial charge >= 0.3 is 0 Å². The van der Waals surface area contributed by atoms with E-state index in [0.717, 1.165) is 28.1 Å². The van der Waals surface area contributed by atoms with Gasteiger partial charge in [-0.2, -0.15) is 0 Å². The van der Waals surface area contributed by atoms with Crippen molar-refractivity contribution in [3.8, 4) is 10.7 Å². The third-order valence-electron chi connectivity index (χ3n) is 3.77. The normalized spacial score (nSPS) is 11.8. The van der Waals surface area contributed by atoms with Crippen molar-refractivity contribution in [1.29, 1.82) is 0 Å². The molecule has 0 saturated carbocycles. The van der Waals surface area contributed by atoms with Crippen LogP contribution in [0.3, 0.4) is 0 Å². The largest absolute Gasteiger partial charge is 0.383 e. The van der Waals surface area contributed by atoms with Gasteiger partial charge in [0, 0.05) is 35.5 Å². The zero-order valence-corrected chi connectivity index (χ0v) is 15.8. The highest BCUT2D eigenvalue weighted by Gasteiger charge is 2.19. The Morgan fingerprint density at radius 2 is 2.08 bits per heavy atom. The Hall–Kier alpha value is -2.18. The Labute approximate surface area is 151 Å². The summed E-state index contributed by atoms with van der Waals surface area (Å²) < 4.78 is 7.45. The second-order valence-corrected chi connectivity index (χ2v) is 7.83. The van der Waals surface area contributed by atoms with E-state index in [-0.39, 0.29) is 11.4 Å². The van der Waals surface area contributed by atoms with Gasteiger partial charge in [-0.1, -0.05) is 18.2 Å². The van der Waals surface area contributed by atoms with Crippen molar-refractivity contribution in [2.45, 2.75) is 32.9 Å². The summed E-state index contributed by atoms with van der Waals surface area (Å²) in [6.45, 7) is 7.24. The van der Waals surface area contributed by atoms with Gasteiger partial charge in [-0.25, -0.2) is 4.98 Å². The average Bonchev–Trinajstić information content (AvgIpc) is 3.16. The smallest absolute Gasteiger partial charge is 0.271 e. The Morgan fingerprint density at radius 1 is 1.32 bits per heavy atom. The van der Waals surface area contributed by atoms with Gasteiger partial charge in [0.05, 0.1) is 12.3 Å². The summed E-state index contributed by atoms with van der Waals surface area (Å²) in [7, 11) is 1.70. The molecule has 0 radical (unpaired) electrons. The monoisotopic (exact) mass is 357 g/mol. The molecule has 1 amide bonds. The molecule has 3 aromatic rings. The fraction of sp³-hybridized carbons (Fsp3) is 0.368. The first-order chi connectivity index (χ1) is 11.9. The average molecular weight is 357 g/mol. The number of carbonyl (C=O) groups is 1. The highest BCUT2D eigenvalue weighted by Crippen LogP contribution is 2.30. The molecule has 0 saturated heterocycles. The first-order valence-corrected chi connectivity index (χ1v) is 9.12. The van der Waals surface area contributed by atoms with Crippen LogP contribution >= 0.6 is 11.3 Å². The van der Waals surface area contributed by atoms with E-state index in [0.29, 0.717) is 12.3 Å². The number of aromatic nitrogens is 2. The summed E-state index contributed by atoms with van der Waals surface area (Å²) in [6, 6.07) is 10.4. The molecule has 2 aromatic heterocycles. The summed E-state index contributed by atoms with van der Waals surface area (Å²) in [5, 5.41) is 6.76. The molecule has 0 aliphatic carbocycles. The van der Waals surface area contributed by atoms with Gasteiger partial charge < -0.3 is 14.6 Å². The zero-order chi connectivity index (χ0) is 18.0. The minimum absolute atomic E-state index is 0.144. The van der Waals surface area contributed by atoms with Crippen LogP contribution in [0, 0.1) is 0 Å². The molecule has 6 heteroatoms. The predicted molar refractivity (Wildman–Crippen MR) is 102 cm³/mol. The number of benzene rings is 1. The summed E-state index contributed by atoms with van der Waals surface area (Å²) in [5.41, 5.74) is 2.33. The van der Waals surface area contributed by atoms with Crippen LogP contribution in [-0.2, 0) is 11.3 Å². The van der Waals surface area contributed by atoms with Gasteiger partial charge in [-0.15, -0.1) is 11.3 Å². The maximum atomic E-state index is 12.3. The van der Waals surface area contributed by atoms with E-state index in [1.807, 2.05) is 38.3 Å². The lowest BCUT2D eigenvalue weighted by atomic mass is 10.1. The Balaban J connectivity index is 1.98. The minimum atomic E-state index is -0.284. The molecule has 5 nitrogen and oxygen atoms in total. The number of nitrogens with zero attached hydrogens (tertiary/aromatic N) is 2. The van der Waals surface area contributed by atoms with Crippen molar-refractivity contribution in [1.82, 2.24) is 14.9 Å². The van der Waals surface area contributed by atoms with Crippen molar-refractivity contribution in [2.24, 2.45) is 0 Å². The van der Waals surface area contributed by atoms with Crippen LogP contribution in [0.4, 0.5) is 0 Å². The molecule has 3 rings (SSSR count). The molecule has 0 aliphatic rings. The Kier molecular flexibility index (Phi) is 4.92. The van der Waals surface area contributed by atoms with Crippen LogP contribution in [0.2, 0.25) is 0 Å². The molecule has 0 aliphatic heterocycles. The maximum absolute atomic E-state index is 12.3. The molecule has 132 valence electrons. The lowest BCUT2D eigenvalue weighted by Gasteiger charge is -2.19. The number of amides is 1. The number of methoxy groups -OCH3 is 1. The van der Waals surface area contributed by atoms with E-state index in [9.17, 15) is 4.79 Å². The third-order valence-corrected chi connectivity index (χ3v) is 4.64. The van der Waals surface area contributed by atoms with Gasteiger partial charge in [0.15, 0.2) is 0 Å². The van der Waals surface area contributed by atoms with E-state index in [2.05, 4.69) is 33.1 Å². The van der Waals surface area contributed by atoms with Gasteiger partial charge in [0.25, 0.3) is 5.91 Å². The molecule has 1 aromatic carbocycles. The van der Waals surface area contributed by atoms with Crippen molar-refractivity contribution in [3.63, 3.8) is 0 Å². The number of ether oxygens (including phenoxy) is 1. The second kappa shape index (κ2) is 6.98. The molecule has 1 N–H and O–H groups in total. The number of hydrogen-bond donors (Lipinski definition) is 1. The van der Waals surface area contributed by atoms with Gasteiger partial charge in [0.2, 0.25) is 0 Å². The molecular weight excluding hydrogens is 334 g/mol. The lowest BCUT2D eigenvalue weighted by Crippen LogP contribution is -2.40. The quantitative estimate of drug-likeness (QED) is 0.752. The highest BCUT2D eigenvalue weighted by atomic mass is 32.1. The van der Waals surface area contributed by atoms with Crippen LogP contribution in [0.1, 0.15) is 31.3 Å². The standard InChI is InChI=1S/C19H23N3O2S/c1-19(2,3)21-17(23)14-12-25-18(20-14)16-11-13-7-5-6-8-15(13)22(16)9-10-24-4/h5-8,11-12H,9-10H2,1-4H3,(H,21,23). The number of carbonyl (C=O) groups excluding carboxylic acids is 1. The second-order valence-electron chi connectivity index (χ2n) is 6.97. The van der Waals surface area contributed by atoms with E-state index in [1.165, 1.54) is 11.3 Å². The highest BCUT2D eigenvalue weighted by molar-refractivity contribution is 7.13. The molecule has 0 unspecified atom stereocenters. The first-order valence-electron chi connectivity index (χ1n) is 8.24. The number of fused-ring (bicyclic) bond motifs is 1. The molecule has 0 fully saturated rings. The van der Waals surface area contributed by atoms with Gasteiger partial charge in [0.1, 0.15) is 10.7 Å². The van der Waals surface area contributed by atoms with Gasteiger partial charge in [-0.05, 0) is 32.9 Å². The van der Waals surface area contributed by atoms with E-state index < -0.39 is 0 Å². The zero-order valence-electron chi connectivity index (χ0n) is 15.0. The first kappa shape index (κ1) is 17.6. The lowest BCUT2D eigenvalue weighted by molar-refractivity contribution is 0.0915. The van der Waals surface area contributed by atoms with Crippen LogP contribution in [0.25, 0.3) is 21.6 Å². The number of nitrogens with one attached hydrogen (secondary N) is 1. The fourth-order valence-electron chi connectivity index (χ4n) is 2.71. The van der Waals surface area contributed by atoms with E-state index in [4.69, 9.17) is 4.74 Å². The van der Waals surface area contributed by atoms with Crippen LogP contribution < -0.4 is 5.32 Å². The number of rotatable bonds is 5. The Morgan fingerprint density at radius 3 is 2.80 bits per heavy atom. The molecule has 0 spiro atoms. The van der Waals surface area contributed by atoms with Gasteiger partial charge in [-0.3, -0.25) is 4.79 Å². The Bertz CT molecular complexity index is 890. The molecular formula is C19H23N3O2S. The molecule has 0 bridgehead atoms. The van der Waals surface area contributed by atoms with Crippen molar-refractivity contribution in [3.05, 3.63) is 41.4 Å². The molecule has 25 heavy (non-hydrogen) atoms. The SMILES string of the molecule is COCCn1c(-c2nc(C(=O)NC(C)(C)C)cs2)cc2ccccc21. The maximum Gasteiger partial charge on any atom is 0.271 e. The fourth-order valence-corrected chi connectivity index (χ4v) is 3.54. The summed E-state index contributed by atoms with van der Waals surface area (Å²) in [5.74, 6) is -0.144. The number of thiazole rings is 1. The van der Waals surface area contributed by atoms with Crippen molar-refractivity contribution < 1.29 is 9.53 Å². The summed E-state index contributed by atoms with van der Waals surface area (Å²) in [4.78, 5) is 16.9. The van der Waals surface area contributed by atoms with Crippen molar-refractivity contribution >= 4 is 28.1 Å². The van der Waals surface area contributed by atoms with Crippen molar-refractivity contribution in [2.75, 3.05) is 13.7 Å². The predicted octanol–water partition coefficient (Wildman–Crippen LogP) is 3.94. The topological polar surface area (TPSA) is 56.2 Å². The number of hydrogen-bond acceptors (Lipinski definition) is 4. The summed E-state index contributed by atoms with van der Waals surface area (Å²) in [6.07, 6.45) is 0. The van der Waals surface area contributed by atoms with E-state index >= 15 is 0 Å². The molecule has 0 atom stereocenters. The van der Waals surface area contributed by atoms with Crippen LogP contribution in [0.15, 0.2) is 35.7 Å².